The molecule has 0 unspecified atom stereocenters. The van der Waals surface area contributed by atoms with Gasteiger partial charge in [0.05, 0.1) is 6.54 Å². The van der Waals surface area contributed by atoms with Gasteiger partial charge in [-0.2, -0.15) is 0 Å². The van der Waals surface area contributed by atoms with Crippen LogP contribution < -0.4 is 10.1 Å². The van der Waals surface area contributed by atoms with Gasteiger partial charge >= 0.3 is 0 Å². The van der Waals surface area contributed by atoms with Crippen LogP contribution in [0.4, 0.5) is 5.69 Å². The first-order valence-electron chi connectivity index (χ1n) is 6.34. The molecule has 0 spiro atoms. The lowest BCUT2D eigenvalue weighted by Crippen LogP contribution is -2.19. The fourth-order valence-corrected chi connectivity index (χ4v) is 1.60. The number of aromatic amines is 1. The zero-order valence-electron chi connectivity index (χ0n) is 11.4. The van der Waals surface area contributed by atoms with E-state index < -0.39 is 0 Å². The molecule has 2 aromatic rings. The highest BCUT2D eigenvalue weighted by Crippen LogP contribution is 2.15. The maximum atomic E-state index is 5.63. The first kappa shape index (κ1) is 13.4. The Morgan fingerprint density at radius 3 is 2.68 bits per heavy atom. The van der Waals surface area contributed by atoms with E-state index in [0.29, 0.717) is 13.2 Å². The minimum absolute atomic E-state index is 0.688. The van der Waals surface area contributed by atoms with Crippen molar-refractivity contribution in [2.45, 2.75) is 6.54 Å². The van der Waals surface area contributed by atoms with Crippen LogP contribution in [0.25, 0.3) is 0 Å². The Kier molecular flexibility index (Phi) is 4.80. The average Bonchev–Trinajstić information content (AvgIpc) is 2.90. The Labute approximate surface area is 113 Å². The molecule has 0 aliphatic rings. The Balaban J connectivity index is 1.77. The molecule has 19 heavy (non-hydrogen) atoms. The molecule has 1 aromatic heterocycles. The van der Waals surface area contributed by atoms with E-state index >= 15 is 0 Å². The van der Waals surface area contributed by atoms with E-state index in [0.717, 1.165) is 23.8 Å². The van der Waals surface area contributed by atoms with Gasteiger partial charge in [0.25, 0.3) is 0 Å². The molecule has 0 saturated heterocycles. The van der Waals surface area contributed by atoms with Gasteiger partial charge in [0, 0.05) is 24.6 Å². The molecule has 0 bridgehead atoms. The topological polar surface area (TPSA) is 53.2 Å². The molecule has 1 heterocycles. The van der Waals surface area contributed by atoms with Crippen LogP contribution in [0.2, 0.25) is 0 Å². The van der Waals surface area contributed by atoms with Crippen molar-refractivity contribution >= 4 is 5.69 Å². The van der Waals surface area contributed by atoms with Crippen molar-refractivity contribution in [1.82, 2.24) is 14.9 Å². The first-order valence-corrected chi connectivity index (χ1v) is 6.34. The van der Waals surface area contributed by atoms with Gasteiger partial charge in [0.2, 0.25) is 0 Å². The van der Waals surface area contributed by atoms with Gasteiger partial charge in [0.1, 0.15) is 18.2 Å². The molecule has 0 amide bonds. The van der Waals surface area contributed by atoms with Crippen LogP contribution in [0, 0.1) is 0 Å². The number of hydrogen-bond acceptors (Lipinski definition) is 4. The maximum Gasteiger partial charge on any atom is 0.125 e. The molecule has 102 valence electrons. The van der Waals surface area contributed by atoms with E-state index in [4.69, 9.17) is 4.74 Å². The van der Waals surface area contributed by atoms with E-state index in [2.05, 4.69) is 20.2 Å². The molecule has 0 saturated carbocycles. The van der Waals surface area contributed by atoms with Crippen molar-refractivity contribution in [3.05, 3.63) is 42.5 Å². The third kappa shape index (κ3) is 4.63. The van der Waals surface area contributed by atoms with Gasteiger partial charge in [-0.1, -0.05) is 0 Å². The summed E-state index contributed by atoms with van der Waals surface area (Å²) in [6, 6.07) is 7.96. The second-order valence-electron chi connectivity index (χ2n) is 4.57. The number of imidazole rings is 1. The van der Waals surface area contributed by atoms with Crippen LogP contribution in [0.5, 0.6) is 5.75 Å². The highest BCUT2D eigenvalue weighted by Gasteiger charge is 1.98. The normalized spacial score (nSPS) is 10.7. The summed E-state index contributed by atoms with van der Waals surface area (Å²) in [5, 5.41) is 3.29. The lowest BCUT2D eigenvalue weighted by molar-refractivity contribution is 0.261. The Morgan fingerprint density at radius 1 is 1.26 bits per heavy atom. The summed E-state index contributed by atoms with van der Waals surface area (Å²) in [4.78, 5) is 9.31. The fourth-order valence-electron chi connectivity index (χ4n) is 1.60. The predicted molar refractivity (Wildman–Crippen MR) is 76.4 cm³/mol. The molecule has 5 heteroatoms. The summed E-state index contributed by atoms with van der Waals surface area (Å²) in [5.74, 6) is 1.82. The molecular formula is C14H20N4O. The van der Waals surface area contributed by atoms with Crippen molar-refractivity contribution < 1.29 is 4.74 Å². The summed E-state index contributed by atoms with van der Waals surface area (Å²) >= 11 is 0. The van der Waals surface area contributed by atoms with E-state index in [-0.39, 0.29) is 0 Å². The molecular weight excluding hydrogens is 240 g/mol. The molecule has 5 nitrogen and oxygen atoms in total. The zero-order valence-corrected chi connectivity index (χ0v) is 11.4. The largest absolute Gasteiger partial charge is 0.492 e. The Morgan fingerprint density at radius 2 is 2.05 bits per heavy atom. The van der Waals surface area contributed by atoms with Crippen LogP contribution in [-0.2, 0) is 6.54 Å². The van der Waals surface area contributed by atoms with E-state index in [9.17, 15) is 0 Å². The van der Waals surface area contributed by atoms with E-state index in [1.54, 1.807) is 6.20 Å². The van der Waals surface area contributed by atoms with E-state index in [1.165, 1.54) is 0 Å². The number of benzene rings is 1. The molecule has 0 aliphatic carbocycles. The highest BCUT2D eigenvalue weighted by atomic mass is 16.5. The molecule has 0 radical (unpaired) electrons. The lowest BCUT2D eigenvalue weighted by Gasteiger charge is -2.11. The van der Waals surface area contributed by atoms with Gasteiger partial charge < -0.3 is 19.9 Å². The van der Waals surface area contributed by atoms with Gasteiger partial charge in [-0.3, -0.25) is 0 Å². The summed E-state index contributed by atoms with van der Waals surface area (Å²) in [6.07, 6.45) is 3.57. The number of rotatable bonds is 7. The van der Waals surface area contributed by atoms with Crippen LogP contribution in [0.15, 0.2) is 36.7 Å². The van der Waals surface area contributed by atoms with Gasteiger partial charge in [-0.25, -0.2) is 4.98 Å². The molecule has 2 N–H and O–H groups in total. The molecule has 1 aromatic carbocycles. The quantitative estimate of drug-likeness (QED) is 0.799. The Bertz CT molecular complexity index is 465. The maximum absolute atomic E-state index is 5.63. The zero-order chi connectivity index (χ0) is 13.5. The van der Waals surface area contributed by atoms with Crippen molar-refractivity contribution in [3.8, 4) is 5.75 Å². The van der Waals surface area contributed by atoms with Crippen molar-refractivity contribution in [1.29, 1.82) is 0 Å². The van der Waals surface area contributed by atoms with Crippen LogP contribution >= 0.6 is 0 Å². The first-order chi connectivity index (χ1) is 9.24. The van der Waals surface area contributed by atoms with Gasteiger partial charge in [-0.05, 0) is 38.4 Å². The number of likely N-dealkylation sites (N-methyl/N-ethyl adjacent to an activating group) is 1. The molecule has 2 rings (SSSR count). The number of hydrogen-bond donors (Lipinski definition) is 2. The number of H-pyrrole nitrogens is 1. The summed E-state index contributed by atoms with van der Waals surface area (Å²) in [5.41, 5.74) is 1.05. The molecule has 0 atom stereocenters. The third-order valence-corrected chi connectivity index (χ3v) is 2.68. The fraction of sp³-hybridized carbons (Fsp3) is 0.357. The number of aromatic nitrogens is 2. The molecule has 0 aliphatic heterocycles. The SMILES string of the molecule is CN(C)CCOc1ccc(NCc2ncc[nH]2)cc1. The summed E-state index contributed by atoms with van der Waals surface area (Å²) < 4.78 is 5.63. The van der Waals surface area contributed by atoms with Crippen LogP contribution in [0.1, 0.15) is 5.82 Å². The van der Waals surface area contributed by atoms with Crippen molar-refractivity contribution in [2.24, 2.45) is 0 Å². The highest BCUT2D eigenvalue weighted by molar-refractivity contribution is 5.46. The number of ether oxygens (including phenoxy) is 1. The smallest absolute Gasteiger partial charge is 0.125 e. The second kappa shape index (κ2) is 6.80. The molecule has 0 fully saturated rings. The van der Waals surface area contributed by atoms with Crippen LogP contribution in [-0.4, -0.2) is 42.1 Å². The number of nitrogens with zero attached hydrogens (tertiary/aromatic N) is 2. The monoisotopic (exact) mass is 260 g/mol. The lowest BCUT2D eigenvalue weighted by atomic mass is 10.3. The number of nitrogens with one attached hydrogen (secondary N) is 2. The van der Waals surface area contributed by atoms with Gasteiger partial charge in [-0.15, -0.1) is 0 Å². The van der Waals surface area contributed by atoms with Crippen molar-refractivity contribution in [2.75, 3.05) is 32.6 Å². The van der Waals surface area contributed by atoms with E-state index in [1.807, 2.05) is 44.6 Å². The summed E-state index contributed by atoms with van der Waals surface area (Å²) in [7, 11) is 4.07. The van der Waals surface area contributed by atoms with Crippen LogP contribution in [0.3, 0.4) is 0 Å². The minimum Gasteiger partial charge on any atom is -0.492 e. The minimum atomic E-state index is 0.688. The van der Waals surface area contributed by atoms with Crippen molar-refractivity contribution in [3.63, 3.8) is 0 Å². The third-order valence-electron chi connectivity index (χ3n) is 2.68. The second-order valence-corrected chi connectivity index (χ2v) is 4.57. The number of anilines is 1. The average molecular weight is 260 g/mol. The standard InChI is InChI=1S/C14H20N4O/c1-18(2)9-10-19-13-5-3-12(4-6-13)17-11-14-15-7-8-16-14/h3-8,17H,9-11H2,1-2H3,(H,15,16). The predicted octanol–water partition coefficient (Wildman–Crippen LogP) is 1.96. The Hall–Kier alpha value is -2.01. The van der Waals surface area contributed by atoms with Gasteiger partial charge in [0.15, 0.2) is 0 Å². The summed E-state index contributed by atoms with van der Waals surface area (Å²) in [6.45, 7) is 2.30.